The van der Waals surface area contributed by atoms with Gasteiger partial charge in [0.1, 0.15) is 0 Å². The number of sulfonamides is 1. The molecule has 0 saturated carbocycles. The quantitative estimate of drug-likeness (QED) is 0.765. The molecule has 1 amide bonds. The summed E-state index contributed by atoms with van der Waals surface area (Å²) in [4.78, 5) is 12.2. The second-order valence-corrected chi connectivity index (χ2v) is 7.37. The minimum atomic E-state index is -3.74. The van der Waals surface area contributed by atoms with Crippen molar-refractivity contribution in [2.24, 2.45) is 0 Å². The van der Waals surface area contributed by atoms with Crippen LogP contribution in [0.4, 0.5) is 10.5 Å². The second-order valence-electron chi connectivity index (χ2n) is 5.43. The van der Waals surface area contributed by atoms with Crippen LogP contribution in [0.25, 0.3) is 0 Å². The van der Waals surface area contributed by atoms with Crippen LogP contribution in [0, 0.1) is 0 Å². The van der Waals surface area contributed by atoms with Crippen LogP contribution in [0.5, 0.6) is 0 Å². The number of carbonyl (C=O) groups excluding carboxylic acids is 1. The van der Waals surface area contributed by atoms with Gasteiger partial charge in [0.15, 0.2) is 0 Å². The van der Waals surface area contributed by atoms with E-state index in [1.807, 2.05) is 12.1 Å². The number of anilines is 1. The number of hydrogen-bond acceptors (Lipinski definition) is 4. The highest BCUT2D eigenvalue weighted by Gasteiger charge is 2.30. The zero-order chi connectivity index (χ0) is 16.8. The Labute approximate surface area is 133 Å². The van der Waals surface area contributed by atoms with E-state index in [-0.39, 0.29) is 11.9 Å². The molecule has 6 heteroatoms. The molecule has 5 nitrogen and oxygen atoms in total. The molecule has 22 heavy (non-hydrogen) atoms. The Morgan fingerprint density at radius 3 is 2.18 bits per heavy atom. The molecule has 0 heterocycles. The van der Waals surface area contributed by atoms with E-state index in [0.717, 1.165) is 22.7 Å². The molecule has 0 fully saturated rings. The van der Waals surface area contributed by atoms with Crippen molar-refractivity contribution in [1.29, 1.82) is 0 Å². The monoisotopic (exact) mass is 327 g/mol. The number of aryl methyl sites for hydroxylation is 1. The van der Waals surface area contributed by atoms with E-state index < -0.39 is 16.1 Å². The lowest BCUT2D eigenvalue weighted by atomic mass is 10.1. The summed E-state index contributed by atoms with van der Waals surface area (Å²) in [5.74, 6) is -0.100. The van der Waals surface area contributed by atoms with E-state index >= 15 is 0 Å². The van der Waals surface area contributed by atoms with Gasteiger partial charge in [0.2, 0.25) is 10.0 Å². The van der Waals surface area contributed by atoms with Crippen molar-refractivity contribution in [3.05, 3.63) is 29.8 Å². The summed E-state index contributed by atoms with van der Waals surface area (Å²) in [5, 5.41) is 0. The third kappa shape index (κ3) is 5.02. The highest BCUT2D eigenvalue weighted by Crippen LogP contribution is 2.22. The molecule has 0 aliphatic rings. The Kier molecular flexibility index (Phi) is 6.87. The zero-order valence-electron chi connectivity index (χ0n) is 13.7. The molecule has 0 N–H and O–H groups in total. The number of hydrogen-bond donors (Lipinski definition) is 0. The van der Waals surface area contributed by atoms with E-state index in [9.17, 15) is 13.2 Å². The molecule has 0 aliphatic heterocycles. The molecule has 0 atom stereocenters. The Morgan fingerprint density at radius 1 is 1.14 bits per heavy atom. The average molecular weight is 327 g/mol. The summed E-state index contributed by atoms with van der Waals surface area (Å²) in [6, 6.07) is 6.99. The van der Waals surface area contributed by atoms with Gasteiger partial charge >= 0.3 is 6.09 Å². The molecule has 0 radical (unpaired) electrons. The number of benzene rings is 1. The van der Waals surface area contributed by atoms with Crippen molar-refractivity contribution in [2.45, 2.75) is 53.1 Å². The predicted molar refractivity (Wildman–Crippen MR) is 88.6 cm³/mol. The first-order valence-electron chi connectivity index (χ1n) is 7.64. The third-order valence-corrected chi connectivity index (χ3v) is 4.79. The standard InChI is InChI=1S/C16H25NO4S/c1-5-7-14-8-10-15(11-9-14)17(16(18)21-13(3)4)22(19,20)12-6-2/h8-11,13H,5-7,12H2,1-4H3. The van der Waals surface area contributed by atoms with Gasteiger partial charge < -0.3 is 4.74 Å². The predicted octanol–water partition coefficient (Wildman–Crippen LogP) is 3.73. The van der Waals surface area contributed by atoms with Crippen molar-refractivity contribution >= 4 is 21.8 Å². The van der Waals surface area contributed by atoms with E-state index in [0.29, 0.717) is 12.1 Å². The molecule has 1 rings (SSSR count). The van der Waals surface area contributed by atoms with Crippen molar-refractivity contribution in [1.82, 2.24) is 0 Å². The van der Waals surface area contributed by atoms with Crippen LogP contribution in [-0.2, 0) is 21.2 Å². The highest BCUT2D eigenvalue weighted by molar-refractivity contribution is 7.93. The molecule has 0 unspecified atom stereocenters. The van der Waals surface area contributed by atoms with E-state index in [2.05, 4.69) is 6.92 Å². The molecular formula is C16H25NO4S. The maximum absolute atomic E-state index is 12.4. The minimum Gasteiger partial charge on any atom is -0.446 e. The van der Waals surface area contributed by atoms with Crippen molar-refractivity contribution in [3.8, 4) is 0 Å². The Balaban J connectivity index is 3.17. The molecular weight excluding hydrogens is 302 g/mol. The van der Waals surface area contributed by atoms with Crippen LogP contribution in [0.1, 0.15) is 46.1 Å². The second kappa shape index (κ2) is 8.17. The highest BCUT2D eigenvalue weighted by atomic mass is 32.2. The first kappa shape index (κ1) is 18.5. The van der Waals surface area contributed by atoms with Crippen LogP contribution in [0.2, 0.25) is 0 Å². The lowest BCUT2D eigenvalue weighted by Gasteiger charge is -2.23. The van der Waals surface area contributed by atoms with Gasteiger partial charge in [-0.05, 0) is 44.4 Å². The fraction of sp³-hybridized carbons (Fsp3) is 0.562. The van der Waals surface area contributed by atoms with Gasteiger partial charge in [0.25, 0.3) is 0 Å². The topological polar surface area (TPSA) is 63.7 Å². The summed E-state index contributed by atoms with van der Waals surface area (Å²) >= 11 is 0. The summed E-state index contributed by atoms with van der Waals surface area (Å²) in [5.41, 5.74) is 1.43. The molecule has 0 spiro atoms. The lowest BCUT2D eigenvalue weighted by Crippen LogP contribution is -2.39. The molecule has 0 bridgehead atoms. The molecule has 0 saturated heterocycles. The first-order chi connectivity index (χ1) is 10.3. The number of amides is 1. The Bertz CT molecular complexity index is 579. The minimum absolute atomic E-state index is 0.100. The largest absolute Gasteiger partial charge is 0.446 e. The molecule has 0 aromatic heterocycles. The first-order valence-corrected chi connectivity index (χ1v) is 9.25. The Morgan fingerprint density at radius 2 is 1.73 bits per heavy atom. The normalized spacial score (nSPS) is 11.5. The maximum atomic E-state index is 12.4. The third-order valence-electron chi connectivity index (χ3n) is 2.95. The summed E-state index contributed by atoms with van der Waals surface area (Å²) < 4.78 is 30.6. The summed E-state index contributed by atoms with van der Waals surface area (Å²) in [7, 11) is -3.74. The van der Waals surface area contributed by atoms with Crippen LogP contribution >= 0.6 is 0 Å². The number of nitrogens with zero attached hydrogens (tertiary/aromatic N) is 1. The summed E-state index contributed by atoms with van der Waals surface area (Å²) in [6.07, 6.45) is 1.12. The van der Waals surface area contributed by atoms with E-state index in [1.54, 1.807) is 32.9 Å². The maximum Gasteiger partial charge on any atom is 0.428 e. The van der Waals surface area contributed by atoms with Crippen molar-refractivity contribution < 1.29 is 17.9 Å². The summed E-state index contributed by atoms with van der Waals surface area (Å²) in [6.45, 7) is 7.21. The van der Waals surface area contributed by atoms with Crippen LogP contribution < -0.4 is 4.31 Å². The van der Waals surface area contributed by atoms with E-state index in [1.165, 1.54) is 0 Å². The van der Waals surface area contributed by atoms with Crippen LogP contribution in [-0.4, -0.2) is 26.4 Å². The fourth-order valence-electron chi connectivity index (χ4n) is 2.07. The van der Waals surface area contributed by atoms with Gasteiger partial charge in [-0.25, -0.2) is 13.2 Å². The van der Waals surface area contributed by atoms with Crippen LogP contribution in [0.3, 0.4) is 0 Å². The molecule has 124 valence electrons. The van der Waals surface area contributed by atoms with Gasteiger partial charge in [0.05, 0.1) is 17.5 Å². The van der Waals surface area contributed by atoms with Crippen LogP contribution in [0.15, 0.2) is 24.3 Å². The molecule has 1 aromatic carbocycles. The molecule has 0 aliphatic carbocycles. The van der Waals surface area contributed by atoms with Gasteiger partial charge in [-0.1, -0.05) is 32.4 Å². The smallest absolute Gasteiger partial charge is 0.428 e. The van der Waals surface area contributed by atoms with Gasteiger partial charge in [-0.3, -0.25) is 0 Å². The van der Waals surface area contributed by atoms with Gasteiger partial charge in [0, 0.05) is 0 Å². The van der Waals surface area contributed by atoms with Gasteiger partial charge in [-0.15, -0.1) is 0 Å². The number of ether oxygens (including phenoxy) is 1. The Hall–Kier alpha value is -1.56. The lowest BCUT2D eigenvalue weighted by molar-refractivity contribution is 0.126. The molecule has 1 aromatic rings. The number of carbonyl (C=O) groups is 1. The fourth-order valence-corrected chi connectivity index (χ4v) is 3.48. The zero-order valence-corrected chi connectivity index (χ0v) is 14.5. The van der Waals surface area contributed by atoms with Crippen molar-refractivity contribution in [3.63, 3.8) is 0 Å². The average Bonchev–Trinajstić information content (AvgIpc) is 2.40. The van der Waals surface area contributed by atoms with E-state index in [4.69, 9.17) is 4.74 Å². The van der Waals surface area contributed by atoms with Crippen molar-refractivity contribution in [2.75, 3.05) is 10.1 Å². The SMILES string of the molecule is CCCc1ccc(N(C(=O)OC(C)C)S(=O)(=O)CCC)cc1. The van der Waals surface area contributed by atoms with Gasteiger partial charge in [-0.2, -0.15) is 4.31 Å². The number of rotatable bonds is 7.